The Morgan fingerprint density at radius 3 is 2.72 bits per heavy atom. The highest BCUT2D eigenvalue weighted by Crippen LogP contribution is 2.27. The second kappa shape index (κ2) is 6.72. The van der Waals surface area contributed by atoms with Gasteiger partial charge in [0.2, 0.25) is 0 Å². The predicted octanol–water partition coefficient (Wildman–Crippen LogP) is 1.17. The third-order valence-electron chi connectivity index (χ3n) is 4.71. The van der Waals surface area contributed by atoms with Gasteiger partial charge in [-0.1, -0.05) is 0 Å². The molecule has 2 aliphatic heterocycles. The van der Waals surface area contributed by atoms with Crippen LogP contribution >= 0.6 is 0 Å². The van der Waals surface area contributed by atoms with Gasteiger partial charge in [-0.25, -0.2) is 14.8 Å². The summed E-state index contributed by atoms with van der Waals surface area (Å²) in [5, 5.41) is 0.999. The summed E-state index contributed by atoms with van der Waals surface area (Å²) in [7, 11) is 1.66. The Hall–Kier alpha value is -2.61. The highest BCUT2D eigenvalue weighted by Gasteiger charge is 2.26. The molecule has 8 nitrogen and oxygen atoms in total. The average Bonchev–Trinajstić information content (AvgIpc) is 3.06. The molecule has 8 heteroatoms. The van der Waals surface area contributed by atoms with Crippen molar-refractivity contribution in [2.45, 2.75) is 0 Å². The molecule has 0 bridgehead atoms. The average molecular weight is 343 g/mol. The maximum Gasteiger partial charge on any atom is 0.410 e. The second-order valence-electron chi connectivity index (χ2n) is 6.20. The molecule has 25 heavy (non-hydrogen) atoms. The number of carbonyl (C=O) groups excluding carboxylic acids is 1. The summed E-state index contributed by atoms with van der Waals surface area (Å²) >= 11 is 0. The minimum Gasteiger partial charge on any atom is -0.497 e. The van der Waals surface area contributed by atoms with Crippen molar-refractivity contribution in [2.75, 3.05) is 58.0 Å². The van der Waals surface area contributed by atoms with Crippen LogP contribution in [0.5, 0.6) is 5.75 Å². The van der Waals surface area contributed by atoms with Crippen LogP contribution < -0.4 is 9.64 Å². The number of benzene rings is 1. The lowest BCUT2D eigenvalue weighted by molar-refractivity contribution is 0.127. The molecule has 0 saturated carbocycles. The Morgan fingerprint density at radius 1 is 1.16 bits per heavy atom. The molecule has 0 N–H and O–H groups in total. The van der Waals surface area contributed by atoms with Gasteiger partial charge in [-0.3, -0.25) is 9.80 Å². The number of hydrogen-bond donors (Lipinski definition) is 0. The minimum atomic E-state index is -0.212. The van der Waals surface area contributed by atoms with Crippen molar-refractivity contribution in [1.82, 2.24) is 19.8 Å². The number of cyclic esters (lactones) is 1. The van der Waals surface area contributed by atoms with Crippen molar-refractivity contribution in [3.8, 4) is 5.75 Å². The Kier molecular flexibility index (Phi) is 4.27. The van der Waals surface area contributed by atoms with Gasteiger partial charge >= 0.3 is 6.09 Å². The molecule has 1 aromatic carbocycles. The van der Waals surface area contributed by atoms with Crippen LogP contribution in [0.15, 0.2) is 24.5 Å². The number of methoxy groups -OCH3 is 1. The first-order valence-electron chi connectivity index (χ1n) is 8.42. The van der Waals surface area contributed by atoms with E-state index in [2.05, 4.69) is 19.8 Å². The molecule has 1 amide bonds. The fraction of sp³-hybridized carbons (Fsp3) is 0.471. The lowest BCUT2D eigenvalue weighted by Gasteiger charge is -2.36. The molecule has 2 aliphatic rings. The van der Waals surface area contributed by atoms with Gasteiger partial charge in [0.25, 0.3) is 0 Å². The van der Waals surface area contributed by atoms with E-state index in [0.29, 0.717) is 19.8 Å². The third-order valence-corrected chi connectivity index (χ3v) is 4.71. The van der Waals surface area contributed by atoms with E-state index in [1.54, 1.807) is 18.3 Å². The monoisotopic (exact) mass is 343 g/mol. The number of hydrogen-bond acceptors (Lipinski definition) is 7. The zero-order valence-electron chi connectivity index (χ0n) is 14.2. The fourth-order valence-electron chi connectivity index (χ4n) is 3.30. The largest absolute Gasteiger partial charge is 0.497 e. The van der Waals surface area contributed by atoms with Crippen LogP contribution in [0.25, 0.3) is 10.9 Å². The van der Waals surface area contributed by atoms with Crippen LogP contribution in [0, 0.1) is 0 Å². The van der Waals surface area contributed by atoms with Gasteiger partial charge in [-0.05, 0) is 18.2 Å². The van der Waals surface area contributed by atoms with E-state index in [-0.39, 0.29) is 6.09 Å². The van der Waals surface area contributed by atoms with Gasteiger partial charge in [0.1, 0.15) is 24.5 Å². The standard InChI is InChI=1S/C17H21N5O3/c1-24-13-2-3-15-14(10-13)16(19-11-18-15)21-6-4-20(5-7-21)12-22-8-9-25-17(22)23/h2-3,10-11H,4-9,12H2,1H3. The third kappa shape index (κ3) is 3.17. The number of piperazine rings is 1. The number of fused-ring (bicyclic) bond motifs is 1. The van der Waals surface area contributed by atoms with Gasteiger partial charge < -0.3 is 14.4 Å². The Morgan fingerprint density at radius 2 is 2.00 bits per heavy atom. The first kappa shape index (κ1) is 15.9. The van der Waals surface area contributed by atoms with E-state index in [0.717, 1.165) is 48.6 Å². The number of ether oxygens (including phenoxy) is 2. The SMILES string of the molecule is COc1ccc2ncnc(N3CCN(CN4CCOC4=O)CC3)c2c1. The van der Waals surface area contributed by atoms with E-state index in [4.69, 9.17) is 9.47 Å². The first-order chi connectivity index (χ1) is 12.2. The summed E-state index contributed by atoms with van der Waals surface area (Å²) in [6.45, 7) is 5.25. The Bertz CT molecular complexity index is 776. The van der Waals surface area contributed by atoms with E-state index < -0.39 is 0 Å². The molecule has 0 aliphatic carbocycles. The van der Waals surface area contributed by atoms with Crippen LogP contribution in [0.3, 0.4) is 0 Å². The summed E-state index contributed by atoms with van der Waals surface area (Å²) < 4.78 is 10.3. The smallest absolute Gasteiger partial charge is 0.410 e. The maximum atomic E-state index is 11.6. The number of nitrogens with zero attached hydrogens (tertiary/aromatic N) is 5. The minimum absolute atomic E-state index is 0.212. The Balaban J connectivity index is 1.47. The molecule has 2 saturated heterocycles. The molecule has 0 spiro atoms. The lowest BCUT2D eigenvalue weighted by atomic mass is 10.2. The molecule has 0 unspecified atom stereocenters. The lowest BCUT2D eigenvalue weighted by Crippen LogP contribution is -2.50. The summed E-state index contributed by atoms with van der Waals surface area (Å²) in [6, 6.07) is 5.85. The number of amides is 1. The van der Waals surface area contributed by atoms with Crippen molar-refractivity contribution >= 4 is 22.8 Å². The van der Waals surface area contributed by atoms with Gasteiger partial charge in [0.15, 0.2) is 0 Å². The van der Waals surface area contributed by atoms with Gasteiger partial charge in [-0.15, -0.1) is 0 Å². The Labute approximate surface area is 145 Å². The van der Waals surface area contributed by atoms with Gasteiger partial charge in [0, 0.05) is 31.6 Å². The molecule has 2 fully saturated rings. The highest BCUT2D eigenvalue weighted by atomic mass is 16.6. The van der Waals surface area contributed by atoms with Crippen molar-refractivity contribution in [3.63, 3.8) is 0 Å². The molecule has 1 aromatic heterocycles. The second-order valence-corrected chi connectivity index (χ2v) is 6.20. The molecular formula is C17H21N5O3. The summed E-state index contributed by atoms with van der Waals surface area (Å²) in [5.74, 6) is 1.74. The van der Waals surface area contributed by atoms with E-state index in [9.17, 15) is 4.79 Å². The summed E-state index contributed by atoms with van der Waals surface area (Å²) in [4.78, 5) is 26.7. The van der Waals surface area contributed by atoms with Crippen LogP contribution in [0.1, 0.15) is 0 Å². The highest BCUT2D eigenvalue weighted by molar-refractivity contribution is 5.90. The molecule has 0 atom stereocenters. The zero-order chi connectivity index (χ0) is 17.2. The quantitative estimate of drug-likeness (QED) is 0.825. The van der Waals surface area contributed by atoms with Gasteiger partial charge in [-0.2, -0.15) is 0 Å². The number of carbonyl (C=O) groups is 1. The van der Waals surface area contributed by atoms with Crippen LogP contribution in [0.4, 0.5) is 10.6 Å². The summed E-state index contributed by atoms with van der Waals surface area (Å²) in [5.41, 5.74) is 0.910. The number of rotatable bonds is 4. The molecule has 3 heterocycles. The predicted molar refractivity (Wildman–Crippen MR) is 92.8 cm³/mol. The normalized spacial score (nSPS) is 18.7. The number of aromatic nitrogens is 2. The van der Waals surface area contributed by atoms with Crippen molar-refractivity contribution in [1.29, 1.82) is 0 Å². The fourth-order valence-corrected chi connectivity index (χ4v) is 3.30. The maximum absolute atomic E-state index is 11.6. The van der Waals surface area contributed by atoms with Crippen LogP contribution in [0.2, 0.25) is 0 Å². The van der Waals surface area contributed by atoms with Crippen molar-refractivity contribution in [2.24, 2.45) is 0 Å². The van der Waals surface area contributed by atoms with E-state index in [1.165, 1.54) is 0 Å². The topological polar surface area (TPSA) is 71.0 Å². The van der Waals surface area contributed by atoms with Crippen molar-refractivity contribution < 1.29 is 14.3 Å². The van der Waals surface area contributed by atoms with Crippen molar-refractivity contribution in [3.05, 3.63) is 24.5 Å². The first-order valence-corrected chi connectivity index (χ1v) is 8.42. The molecule has 0 radical (unpaired) electrons. The van der Waals surface area contributed by atoms with E-state index >= 15 is 0 Å². The van der Waals surface area contributed by atoms with Gasteiger partial charge in [0.05, 0.1) is 25.8 Å². The summed E-state index contributed by atoms with van der Waals surface area (Å²) in [6.07, 6.45) is 1.40. The number of anilines is 1. The molecule has 4 rings (SSSR count). The molecule has 2 aromatic rings. The van der Waals surface area contributed by atoms with E-state index in [1.807, 2.05) is 18.2 Å². The molecular weight excluding hydrogens is 322 g/mol. The molecule has 132 valence electrons. The zero-order valence-corrected chi connectivity index (χ0v) is 14.2. The van der Waals surface area contributed by atoms with Crippen LogP contribution in [-0.2, 0) is 4.74 Å². The van der Waals surface area contributed by atoms with Crippen LogP contribution in [-0.4, -0.2) is 79.0 Å².